The molecular weight excluding hydrogens is 260 g/mol. The summed E-state index contributed by atoms with van der Waals surface area (Å²) in [4.78, 5) is 0. The lowest BCUT2D eigenvalue weighted by Crippen LogP contribution is -2.30. The van der Waals surface area contributed by atoms with Gasteiger partial charge in [0.15, 0.2) is 0 Å². The Morgan fingerprint density at radius 2 is 2.17 bits per heavy atom. The van der Waals surface area contributed by atoms with E-state index < -0.39 is 22.8 Å². The van der Waals surface area contributed by atoms with Crippen LogP contribution in [0.15, 0.2) is 24.3 Å². The lowest BCUT2D eigenvalue weighted by Gasteiger charge is -2.16. The molecule has 1 aliphatic rings. The number of aryl methyl sites for hydroxylation is 1. The molecule has 0 radical (unpaired) electrons. The fourth-order valence-corrected chi connectivity index (χ4v) is 2.53. The van der Waals surface area contributed by atoms with E-state index in [1.54, 1.807) is 0 Å². The van der Waals surface area contributed by atoms with E-state index in [0.29, 0.717) is 0 Å². The summed E-state index contributed by atoms with van der Waals surface area (Å²) in [7, 11) is 0. The van der Waals surface area contributed by atoms with Gasteiger partial charge < -0.3 is 9.87 Å². The summed E-state index contributed by atoms with van der Waals surface area (Å²) in [6, 6.07) is 7.99. The number of alkyl halides is 2. The lowest BCUT2D eigenvalue weighted by molar-refractivity contribution is 0.0794. The molecule has 0 bridgehead atoms. The second-order valence-electron chi connectivity index (χ2n) is 4.38. The van der Waals surface area contributed by atoms with Gasteiger partial charge in [0.1, 0.15) is 0 Å². The number of fused-ring (bicyclic) bond motifs is 1. The first-order valence-electron chi connectivity index (χ1n) is 5.80. The molecule has 6 heteroatoms. The molecule has 2 rings (SSSR count). The number of halogens is 2. The summed E-state index contributed by atoms with van der Waals surface area (Å²) < 4.78 is 44.7. The Kier molecular flexibility index (Phi) is 4.09. The standard InChI is InChI=1S/C12H15F2NO2S/c13-12(14,18(16)17)7-8-15-11-6-5-9-3-1-2-4-10(9)11/h1-4,11,15H,5-8H2,(H,16,17)/t11-/m1/s1. The molecule has 0 fully saturated rings. The van der Waals surface area contributed by atoms with Gasteiger partial charge in [-0.25, -0.2) is 4.21 Å². The van der Waals surface area contributed by atoms with Crippen molar-refractivity contribution in [1.82, 2.24) is 5.32 Å². The Morgan fingerprint density at radius 3 is 2.89 bits per heavy atom. The van der Waals surface area contributed by atoms with Crippen molar-refractivity contribution in [3.63, 3.8) is 0 Å². The fourth-order valence-electron chi connectivity index (χ4n) is 2.25. The summed E-state index contributed by atoms with van der Waals surface area (Å²) >= 11 is -3.10. The molecule has 0 amide bonds. The predicted octanol–water partition coefficient (Wildman–Crippen LogP) is 2.47. The highest BCUT2D eigenvalue weighted by molar-refractivity contribution is 7.80. The normalized spacial score (nSPS) is 20.7. The highest BCUT2D eigenvalue weighted by Gasteiger charge is 2.36. The average molecular weight is 275 g/mol. The van der Waals surface area contributed by atoms with Crippen molar-refractivity contribution in [2.75, 3.05) is 6.54 Å². The molecule has 0 aliphatic heterocycles. The third-order valence-corrected chi connectivity index (χ3v) is 3.91. The van der Waals surface area contributed by atoms with E-state index in [-0.39, 0.29) is 12.6 Å². The van der Waals surface area contributed by atoms with Crippen LogP contribution in [-0.4, -0.2) is 20.6 Å². The van der Waals surface area contributed by atoms with Crippen molar-refractivity contribution in [3.8, 4) is 0 Å². The van der Waals surface area contributed by atoms with Crippen molar-refractivity contribution >= 4 is 11.1 Å². The van der Waals surface area contributed by atoms with Crippen molar-refractivity contribution in [3.05, 3.63) is 35.4 Å². The van der Waals surface area contributed by atoms with Crippen LogP contribution in [0.4, 0.5) is 8.78 Å². The smallest absolute Gasteiger partial charge is 0.310 e. The quantitative estimate of drug-likeness (QED) is 0.812. The minimum Gasteiger partial charge on any atom is -0.310 e. The largest absolute Gasteiger partial charge is 0.346 e. The summed E-state index contributed by atoms with van der Waals surface area (Å²) in [6.45, 7) is 0.0261. The average Bonchev–Trinajstić information content (AvgIpc) is 2.72. The molecule has 100 valence electrons. The van der Waals surface area contributed by atoms with Crippen LogP contribution in [0.5, 0.6) is 0 Å². The van der Waals surface area contributed by atoms with Crippen LogP contribution < -0.4 is 5.32 Å². The van der Waals surface area contributed by atoms with E-state index in [2.05, 4.69) is 5.32 Å². The molecule has 0 spiro atoms. The van der Waals surface area contributed by atoms with E-state index in [1.807, 2.05) is 24.3 Å². The van der Waals surface area contributed by atoms with Gasteiger partial charge in [-0.2, -0.15) is 8.78 Å². The van der Waals surface area contributed by atoms with Crippen LogP contribution in [0.25, 0.3) is 0 Å². The van der Waals surface area contributed by atoms with E-state index in [4.69, 9.17) is 4.55 Å². The minimum absolute atomic E-state index is 0.0261. The molecule has 2 atom stereocenters. The highest BCUT2D eigenvalue weighted by Crippen LogP contribution is 2.31. The number of benzene rings is 1. The fraction of sp³-hybridized carbons (Fsp3) is 0.500. The van der Waals surface area contributed by atoms with Crippen LogP contribution in [0.1, 0.15) is 30.0 Å². The summed E-state index contributed by atoms with van der Waals surface area (Å²) in [5, 5.41) is -0.513. The third kappa shape index (κ3) is 2.93. The van der Waals surface area contributed by atoms with Crippen molar-refractivity contribution < 1.29 is 17.5 Å². The minimum atomic E-state index is -3.54. The second-order valence-corrected chi connectivity index (χ2v) is 5.48. The number of hydrogen-bond acceptors (Lipinski definition) is 2. The van der Waals surface area contributed by atoms with Crippen LogP contribution in [-0.2, 0) is 17.5 Å². The first-order chi connectivity index (χ1) is 8.50. The van der Waals surface area contributed by atoms with Crippen molar-refractivity contribution in [2.24, 2.45) is 0 Å². The SMILES string of the molecule is O=S(O)C(F)(F)CCN[C@@H]1CCc2ccccc21. The lowest BCUT2D eigenvalue weighted by atomic mass is 10.1. The van der Waals surface area contributed by atoms with Crippen LogP contribution in [0, 0.1) is 0 Å². The maximum atomic E-state index is 12.9. The first-order valence-corrected chi connectivity index (χ1v) is 6.91. The summed E-state index contributed by atoms with van der Waals surface area (Å²) in [5.74, 6) is 0. The first kappa shape index (κ1) is 13.6. The van der Waals surface area contributed by atoms with E-state index in [0.717, 1.165) is 18.4 Å². The third-order valence-electron chi connectivity index (χ3n) is 3.20. The second kappa shape index (κ2) is 5.42. The molecule has 1 aromatic carbocycles. The van der Waals surface area contributed by atoms with Gasteiger partial charge in [-0.1, -0.05) is 24.3 Å². The van der Waals surface area contributed by atoms with Gasteiger partial charge in [-0.15, -0.1) is 0 Å². The number of rotatable bonds is 5. The summed E-state index contributed by atoms with van der Waals surface area (Å²) in [6.07, 6.45) is 1.19. The maximum absolute atomic E-state index is 12.9. The van der Waals surface area contributed by atoms with Crippen LogP contribution in [0.2, 0.25) is 0 Å². The van der Waals surface area contributed by atoms with Gasteiger partial charge in [-0.05, 0) is 24.0 Å². The molecule has 0 aromatic heterocycles. The van der Waals surface area contributed by atoms with Gasteiger partial charge in [0.2, 0.25) is 11.1 Å². The molecule has 1 aliphatic carbocycles. The Balaban J connectivity index is 1.88. The maximum Gasteiger partial charge on any atom is 0.346 e. The van der Waals surface area contributed by atoms with Gasteiger partial charge in [0.25, 0.3) is 0 Å². The molecule has 0 saturated heterocycles. The monoisotopic (exact) mass is 275 g/mol. The molecule has 0 heterocycles. The van der Waals surface area contributed by atoms with Crippen molar-refractivity contribution in [1.29, 1.82) is 0 Å². The zero-order valence-corrected chi connectivity index (χ0v) is 10.6. The Labute approximate surface area is 107 Å². The predicted molar refractivity (Wildman–Crippen MR) is 65.8 cm³/mol. The molecule has 0 saturated carbocycles. The molecular formula is C12H15F2NO2S. The molecule has 2 N–H and O–H groups in total. The van der Waals surface area contributed by atoms with Gasteiger partial charge in [0, 0.05) is 19.0 Å². The molecule has 1 unspecified atom stereocenters. The van der Waals surface area contributed by atoms with E-state index in [9.17, 15) is 13.0 Å². The van der Waals surface area contributed by atoms with Crippen molar-refractivity contribution in [2.45, 2.75) is 30.6 Å². The highest BCUT2D eigenvalue weighted by atomic mass is 32.2. The number of hydrogen-bond donors (Lipinski definition) is 2. The zero-order chi connectivity index (χ0) is 13.2. The van der Waals surface area contributed by atoms with Gasteiger partial charge in [-0.3, -0.25) is 0 Å². The van der Waals surface area contributed by atoms with Crippen LogP contribution >= 0.6 is 0 Å². The Morgan fingerprint density at radius 1 is 1.44 bits per heavy atom. The zero-order valence-electron chi connectivity index (χ0n) is 9.73. The Hall–Kier alpha value is -0.850. The Bertz CT molecular complexity index is 453. The van der Waals surface area contributed by atoms with Crippen LogP contribution in [0.3, 0.4) is 0 Å². The molecule has 1 aromatic rings. The molecule has 18 heavy (non-hydrogen) atoms. The number of nitrogens with one attached hydrogen (secondary N) is 1. The topological polar surface area (TPSA) is 49.3 Å². The van der Waals surface area contributed by atoms with E-state index in [1.165, 1.54) is 5.56 Å². The summed E-state index contributed by atoms with van der Waals surface area (Å²) in [5.41, 5.74) is 2.39. The van der Waals surface area contributed by atoms with Gasteiger partial charge >= 0.3 is 5.25 Å². The van der Waals surface area contributed by atoms with Gasteiger partial charge in [0.05, 0.1) is 0 Å². The van der Waals surface area contributed by atoms with E-state index >= 15 is 0 Å². The molecule has 3 nitrogen and oxygen atoms in total.